The van der Waals surface area contributed by atoms with Crippen LogP contribution >= 0.6 is 9.24 Å². The molecule has 0 bridgehead atoms. The molecule has 4 heteroatoms. The van der Waals surface area contributed by atoms with E-state index in [1.165, 1.54) is 0 Å². The van der Waals surface area contributed by atoms with Gasteiger partial charge in [0.05, 0.1) is 6.04 Å². The quantitative estimate of drug-likeness (QED) is 0.486. The van der Waals surface area contributed by atoms with E-state index in [4.69, 9.17) is 5.41 Å². The molecule has 0 saturated carbocycles. The monoisotopic (exact) mass is 328 g/mol. The Morgan fingerprint density at radius 3 is 2.83 bits per heavy atom. The predicted octanol–water partition coefficient (Wildman–Crippen LogP) is 3.31. The highest BCUT2D eigenvalue weighted by molar-refractivity contribution is 7.27. The molecule has 0 aromatic heterocycles. The summed E-state index contributed by atoms with van der Waals surface area (Å²) in [7, 11) is 2.67. The van der Waals surface area contributed by atoms with Gasteiger partial charge in [-0.2, -0.15) is 0 Å². The van der Waals surface area contributed by atoms with Crippen LogP contribution in [-0.4, -0.2) is 29.1 Å². The summed E-state index contributed by atoms with van der Waals surface area (Å²) in [6.45, 7) is 8.58. The van der Waals surface area contributed by atoms with Gasteiger partial charge in [-0.15, -0.1) is 9.24 Å². The molecule has 1 heterocycles. The molecule has 122 valence electrons. The average Bonchev–Trinajstić information content (AvgIpc) is 2.93. The number of hydrogen-bond donors (Lipinski definition) is 1. The topological polar surface area (TPSA) is 44.2 Å². The molecule has 1 aromatic rings. The number of likely N-dealkylation sites (tertiary alicyclic amines) is 1. The second-order valence-electron chi connectivity index (χ2n) is 5.94. The standard InChI is InChI=1S/C19H25N2OP/c1-4-8-14(5-2)13(3)21-12-15(11-18(21)22)19(20)16-9-6-7-10-17(16)23/h5-10,13,15,20H,2,4,11-12,23H2,1,3H3/b14-8+,20-19?. The number of hydrogen-bond acceptors (Lipinski definition) is 2. The molecule has 3 unspecified atom stereocenters. The van der Waals surface area contributed by atoms with E-state index in [0.717, 1.165) is 22.9 Å². The fourth-order valence-corrected chi connectivity index (χ4v) is 3.46. The molecule has 1 N–H and O–H groups in total. The fraction of sp³-hybridized carbons (Fsp3) is 0.368. The van der Waals surface area contributed by atoms with Crippen LogP contribution in [0.4, 0.5) is 0 Å². The molecular weight excluding hydrogens is 303 g/mol. The largest absolute Gasteiger partial charge is 0.335 e. The van der Waals surface area contributed by atoms with Gasteiger partial charge in [-0.3, -0.25) is 4.79 Å². The third kappa shape index (κ3) is 3.79. The van der Waals surface area contributed by atoms with Gasteiger partial charge in [0.2, 0.25) is 5.91 Å². The van der Waals surface area contributed by atoms with Gasteiger partial charge in [-0.25, -0.2) is 0 Å². The molecule has 0 aliphatic carbocycles. The van der Waals surface area contributed by atoms with Crippen molar-refractivity contribution in [1.82, 2.24) is 4.90 Å². The zero-order chi connectivity index (χ0) is 17.0. The van der Waals surface area contributed by atoms with Crippen LogP contribution in [0.3, 0.4) is 0 Å². The maximum atomic E-state index is 12.4. The lowest BCUT2D eigenvalue weighted by Gasteiger charge is -2.26. The van der Waals surface area contributed by atoms with E-state index in [1.54, 1.807) is 0 Å². The van der Waals surface area contributed by atoms with Gasteiger partial charge in [0.25, 0.3) is 0 Å². The number of carbonyl (C=O) groups excluding carboxylic acids is 1. The minimum absolute atomic E-state index is 0.0176. The average molecular weight is 328 g/mol. The Morgan fingerprint density at radius 1 is 1.52 bits per heavy atom. The zero-order valence-electron chi connectivity index (χ0n) is 13.9. The summed E-state index contributed by atoms with van der Waals surface area (Å²) in [5, 5.41) is 9.50. The normalized spacial score (nSPS) is 19.8. The molecule has 0 radical (unpaired) electrons. The molecule has 0 spiro atoms. The molecule has 3 nitrogen and oxygen atoms in total. The van der Waals surface area contributed by atoms with Crippen LogP contribution in [0.5, 0.6) is 0 Å². The summed E-state index contributed by atoms with van der Waals surface area (Å²) in [6.07, 6.45) is 5.28. The van der Waals surface area contributed by atoms with Gasteiger partial charge in [-0.05, 0) is 24.2 Å². The Bertz CT molecular complexity index is 651. The van der Waals surface area contributed by atoms with Crippen LogP contribution in [0.25, 0.3) is 0 Å². The number of benzene rings is 1. The Balaban J connectivity index is 2.17. The summed E-state index contributed by atoms with van der Waals surface area (Å²) in [6, 6.07) is 7.84. The second-order valence-corrected chi connectivity index (χ2v) is 6.56. The minimum Gasteiger partial charge on any atom is -0.335 e. The lowest BCUT2D eigenvalue weighted by Crippen LogP contribution is -2.36. The summed E-state index contributed by atoms with van der Waals surface area (Å²) in [4.78, 5) is 14.3. The highest BCUT2D eigenvalue weighted by atomic mass is 31.0. The van der Waals surface area contributed by atoms with Gasteiger partial charge < -0.3 is 10.3 Å². The molecule has 1 fully saturated rings. The first kappa shape index (κ1) is 17.6. The molecule has 23 heavy (non-hydrogen) atoms. The molecular formula is C19H25N2OP. The highest BCUT2D eigenvalue weighted by Gasteiger charge is 2.36. The Kier molecular flexibility index (Phi) is 5.90. The maximum Gasteiger partial charge on any atom is 0.223 e. The maximum absolute atomic E-state index is 12.4. The Labute approximate surface area is 141 Å². The van der Waals surface area contributed by atoms with Crippen LogP contribution < -0.4 is 5.30 Å². The Morgan fingerprint density at radius 2 is 2.22 bits per heavy atom. The van der Waals surface area contributed by atoms with Crippen LogP contribution in [0.15, 0.2) is 48.6 Å². The lowest BCUT2D eigenvalue weighted by atomic mass is 9.96. The summed E-state index contributed by atoms with van der Waals surface area (Å²) < 4.78 is 0. The first-order valence-corrected chi connectivity index (χ1v) is 8.62. The number of nitrogens with zero attached hydrogens (tertiary/aromatic N) is 1. The van der Waals surface area contributed by atoms with E-state index in [-0.39, 0.29) is 17.9 Å². The zero-order valence-corrected chi connectivity index (χ0v) is 15.0. The molecule has 1 aliphatic rings. The van der Waals surface area contributed by atoms with Crippen LogP contribution in [-0.2, 0) is 4.79 Å². The van der Waals surface area contributed by atoms with Crippen molar-refractivity contribution >= 4 is 26.2 Å². The van der Waals surface area contributed by atoms with Crippen LogP contribution in [0.2, 0.25) is 0 Å². The van der Waals surface area contributed by atoms with Gasteiger partial charge >= 0.3 is 0 Å². The third-order valence-electron chi connectivity index (χ3n) is 4.44. The van der Waals surface area contributed by atoms with Crippen LogP contribution in [0, 0.1) is 11.3 Å². The first-order valence-electron chi connectivity index (χ1n) is 8.04. The minimum atomic E-state index is -0.0423. The summed E-state index contributed by atoms with van der Waals surface area (Å²) >= 11 is 0. The predicted molar refractivity (Wildman–Crippen MR) is 100 cm³/mol. The molecule has 1 amide bonds. The lowest BCUT2D eigenvalue weighted by molar-refractivity contribution is -0.128. The highest BCUT2D eigenvalue weighted by Crippen LogP contribution is 2.26. The van der Waals surface area contributed by atoms with Crippen molar-refractivity contribution in [3.05, 3.63) is 54.1 Å². The van der Waals surface area contributed by atoms with Gasteiger partial charge in [0.15, 0.2) is 0 Å². The van der Waals surface area contributed by atoms with Crippen molar-refractivity contribution in [3.63, 3.8) is 0 Å². The van der Waals surface area contributed by atoms with Crippen molar-refractivity contribution in [3.8, 4) is 0 Å². The molecule has 3 atom stereocenters. The van der Waals surface area contributed by atoms with Gasteiger partial charge in [-0.1, -0.05) is 49.9 Å². The first-order chi connectivity index (χ1) is 11.0. The number of nitrogens with one attached hydrogen (secondary N) is 1. The van der Waals surface area contributed by atoms with Crippen molar-refractivity contribution < 1.29 is 4.79 Å². The molecule has 1 aliphatic heterocycles. The van der Waals surface area contributed by atoms with Crippen molar-refractivity contribution in [2.75, 3.05) is 6.54 Å². The van der Waals surface area contributed by atoms with Gasteiger partial charge in [0.1, 0.15) is 0 Å². The third-order valence-corrected chi connectivity index (χ3v) is 4.95. The fourth-order valence-electron chi connectivity index (χ4n) is 3.10. The molecule has 1 saturated heterocycles. The van der Waals surface area contributed by atoms with E-state index in [9.17, 15) is 4.79 Å². The summed E-state index contributed by atoms with van der Waals surface area (Å²) in [5.74, 6) is 0.0803. The number of allylic oxidation sites excluding steroid dienone is 1. The summed E-state index contributed by atoms with van der Waals surface area (Å²) in [5.41, 5.74) is 2.55. The van der Waals surface area contributed by atoms with E-state index < -0.39 is 0 Å². The second kappa shape index (κ2) is 7.70. The van der Waals surface area contributed by atoms with Crippen LogP contribution in [0.1, 0.15) is 32.3 Å². The van der Waals surface area contributed by atoms with Crippen molar-refractivity contribution in [1.29, 1.82) is 5.41 Å². The Hall–Kier alpha value is -1.73. The molecule has 1 aromatic carbocycles. The number of rotatable bonds is 6. The number of amides is 1. The smallest absolute Gasteiger partial charge is 0.223 e. The van der Waals surface area contributed by atoms with E-state index in [2.05, 4.69) is 28.8 Å². The number of carbonyl (C=O) groups is 1. The van der Waals surface area contributed by atoms with Crippen molar-refractivity contribution in [2.24, 2.45) is 5.92 Å². The SMILES string of the molecule is C=C/C(=C\CC)C(C)N1CC(C(=N)c2ccccc2P)CC1=O. The molecule has 2 rings (SSSR count). The van der Waals surface area contributed by atoms with E-state index in [0.29, 0.717) is 18.7 Å². The van der Waals surface area contributed by atoms with Gasteiger partial charge in [0, 0.05) is 30.2 Å². The van der Waals surface area contributed by atoms with Crippen molar-refractivity contribution in [2.45, 2.75) is 32.7 Å². The van der Waals surface area contributed by atoms with E-state index in [1.807, 2.05) is 42.2 Å². The van der Waals surface area contributed by atoms with E-state index >= 15 is 0 Å².